The van der Waals surface area contributed by atoms with Gasteiger partial charge in [-0.25, -0.2) is 0 Å². The molecule has 0 unspecified atom stereocenters. The number of hydrogen-bond acceptors (Lipinski definition) is 5. The molecule has 1 aromatic heterocycles. The molecular formula is C21H22N4O2S. The van der Waals surface area contributed by atoms with Crippen LogP contribution in [-0.4, -0.2) is 33.5 Å². The molecule has 0 spiro atoms. The number of anilines is 1. The van der Waals surface area contributed by atoms with Crippen LogP contribution in [0.25, 0.3) is 11.4 Å². The quantitative estimate of drug-likeness (QED) is 0.663. The molecular weight excluding hydrogens is 372 g/mol. The van der Waals surface area contributed by atoms with Gasteiger partial charge in [0.15, 0.2) is 11.0 Å². The number of nitrogens with one attached hydrogen (secondary N) is 1. The maximum atomic E-state index is 12.4. The molecule has 2 heterocycles. The van der Waals surface area contributed by atoms with E-state index < -0.39 is 0 Å². The summed E-state index contributed by atoms with van der Waals surface area (Å²) in [6, 6.07) is 15.6. The Morgan fingerprint density at radius 2 is 2.04 bits per heavy atom. The smallest absolute Gasteiger partial charge is 0.234 e. The Labute approximate surface area is 168 Å². The number of rotatable bonds is 5. The van der Waals surface area contributed by atoms with Crippen molar-refractivity contribution in [2.75, 3.05) is 18.2 Å². The van der Waals surface area contributed by atoms with Gasteiger partial charge in [0.2, 0.25) is 5.91 Å². The Bertz CT molecular complexity index is 1030. The number of hydrogen-bond donors (Lipinski definition) is 1. The van der Waals surface area contributed by atoms with Crippen LogP contribution in [0.2, 0.25) is 0 Å². The number of carbonyl (C=O) groups is 1. The summed E-state index contributed by atoms with van der Waals surface area (Å²) in [5.41, 5.74) is 2.95. The fourth-order valence-electron chi connectivity index (χ4n) is 3.55. The van der Waals surface area contributed by atoms with Gasteiger partial charge in [-0.1, -0.05) is 42.1 Å². The molecule has 0 radical (unpaired) electrons. The molecule has 0 bridgehead atoms. The van der Waals surface area contributed by atoms with Crippen LogP contribution in [0.1, 0.15) is 19.4 Å². The molecule has 0 saturated heterocycles. The monoisotopic (exact) mass is 394 g/mol. The van der Waals surface area contributed by atoms with E-state index in [0.717, 1.165) is 23.0 Å². The molecule has 4 rings (SSSR count). The van der Waals surface area contributed by atoms with Crippen LogP contribution < -0.4 is 10.1 Å². The molecule has 7 heteroatoms. The highest BCUT2D eigenvalue weighted by molar-refractivity contribution is 7.99. The number of ether oxygens (including phenoxy) is 1. The summed E-state index contributed by atoms with van der Waals surface area (Å²) >= 11 is 1.40. The van der Waals surface area contributed by atoms with Gasteiger partial charge in [-0.3, -0.25) is 9.36 Å². The first-order chi connectivity index (χ1) is 13.5. The van der Waals surface area contributed by atoms with E-state index in [-0.39, 0.29) is 17.2 Å². The molecule has 2 aromatic carbocycles. The van der Waals surface area contributed by atoms with Gasteiger partial charge >= 0.3 is 0 Å². The second-order valence-corrected chi connectivity index (χ2v) is 8.30. The third-order valence-corrected chi connectivity index (χ3v) is 5.73. The van der Waals surface area contributed by atoms with E-state index in [1.54, 1.807) is 13.2 Å². The first-order valence-corrected chi connectivity index (χ1v) is 10.1. The number of thioether (sulfide) groups is 1. The van der Waals surface area contributed by atoms with Crippen LogP contribution in [-0.2, 0) is 16.8 Å². The number of nitrogens with zero attached hydrogens (tertiary/aromatic N) is 3. The first kappa shape index (κ1) is 18.6. The molecule has 0 saturated carbocycles. The lowest BCUT2D eigenvalue weighted by Crippen LogP contribution is -2.33. The van der Waals surface area contributed by atoms with Gasteiger partial charge in [0.1, 0.15) is 5.75 Å². The summed E-state index contributed by atoms with van der Waals surface area (Å²) in [7, 11) is 1.60. The van der Waals surface area contributed by atoms with E-state index in [1.165, 1.54) is 17.3 Å². The lowest BCUT2D eigenvalue weighted by molar-refractivity contribution is -0.113. The van der Waals surface area contributed by atoms with Crippen LogP contribution in [0.4, 0.5) is 5.69 Å². The minimum atomic E-state index is -0.154. The molecule has 1 amide bonds. The van der Waals surface area contributed by atoms with Crippen molar-refractivity contribution in [1.82, 2.24) is 14.8 Å². The number of carbonyl (C=O) groups excluding carboxylic acids is 1. The van der Waals surface area contributed by atoms with Crippen molar-refractivity contribution in [2.24, 2.45) is 0 Å². The number of fused-ring (bicyclic) bond motifs is 3. The summed E-state index contributed by atoms with van der Waals surface area (Å²) in [6.07, 6.45) is 0.901. The average Bonchev–Trinajstić information content (AvgIpc) is 3.12. The molecule has 0 atom stereocenters. The number of benzene rings is 2. The van der Waals surface area contributed by atoms with E-state index >= 15 is 0 Å². The van der Waals surface area contributed by atoms with Gasteiger partial charge in [0.05, 0.1) is 12.9 Å². The standard InChI is InChI=1S/C21H22N4O2S/c1-21(2)12-14-7-4-5-10-17(14)19-23-24-20(25(19)21)28-13-18(26)22-15-8-6-9-16(11-15)27-3/h4-11H,12-13H2,1-3H3,(H,22,26). The summed E-state index contributed by atoms with van der Waals surface area (Å²) in [6.45, 7) is 4.35. The predicted octanol–water partition coefficient (Wildman–Crippen LogP) is 3.98. The zero-order chi connectivity index (χ0) is 19.7. The number of aromatic nitrogens is 3. The van der Waals surface area contributed by atoms with Gasteiger partial charge in [0.25, 0.3) is 0 Å². The van der Waals surface area contributed by atoms with Crippen molar-refractivity contribution in [3.8, 4) is 17.1 Å². The van der Waals surface area contributed by atoms with E-state index in [1.807, 2.05) is 24.3 Å². The van der Waals surface area contributed by atoms with Gasteiger partial charge in [-0.2, -0.15) is 0 Å². The summed E-state index contributed by atoms with van der Waals surface area (Å²) in [5.74, 6) is 1.73. The van der Waals surface area contributed by atoms with Crippen molar-refractivity contribution in [3.63, 3.8) is 0 Å². The molecule has 0 aliphatic carbocycles. The maximum absolute atomic E-state index is 12.4. The molecule has 1 aliphatic heterocycles. The zero-order valence-corrected chi connectivity index (χ0v) is 16.9. The van der Waals surface area contributed by atoms with Gasteiger partial charge in [-0.15, -0.1) is 10.2 Å². The SMILES string of the molecule is COc1cccc(NC(=O)CSc2nnc3n2C(C)(C)Cc2ccccc2-3)c1. The molecule has 28 heavy (non-hydrogen) atoms. The maximum Gasteiger partial charge on any atom is 0.234 e. The molecule has 1 aliphatic rings. The molecule has 3 aromatic rings. The normalized spacial score (nSPS) is 14.1. The lowest BCUT2D eigenvalue weighted by Gasteiger charge is -2.34. The van der Waals surface area contributed by atoms with Crippen molar-refractivity contribution < 1.29 is 9.53 Å². The lowest BCUT2D eigenvalue weighted by atomic mass is 9.87. The Balaban J connectivity index is 1.51. The van der Waals surface area contributed by atoms with Crippen LogP contribution in [0.5, 0.6) is 5.75 Å². The first-order valence-electron chi connectivity index (χ1n) is 9.09. The van der Waals surface area contributed by atoms with Gasteiger partial charge < -0.3 is 10.1 Å². The van der Waals surface area contributed by atoms with Gasteiger partial charge in [-0.05, 0) is 38.0 Å². The minimum Gasteiger partial charge on any atom is -0.497 e. The minimum absolute atomic E-state index is 0.0929. The number of amides is 1. The molecule has 1 N–H and O–H groups in total. The molecule has 6 nitrogen and oxygen atoms in total. The molecule has 0 fully saturated rings. The third kappa shape index (κ3) is 3.49. The second kappa shape index (κ2) is 7.31. The van der Waals surface area contributed by atoms with Crippen molar-refractivity contribution >= 4 is 23.4 Å². The second-order valence-electron chi connectivity index (χ2n) is 7.36. The van der Waals surface area contributed by atoms with Crippen LogP contribution in [0.3, 0.4) is 0 Å². The van der Waals surface area contributed by atoms with Crippen molar-refractivity contribution in [2.45, 2.75) is 31.0 Å². The van der Waals surface area contributed by atoms with Gasteiger partial charge in [0, 0.05) is 22.9 Å². The van der Waals surface area contributed by atoms with Crippen molar-refractivity contribution in [1.29, 1.82) is 0 Å². The van der Waals surface area contributed by atoms with Crippen LogP contribution in [0.15, 0.2) is 53.7 Å². The van der Waals surface area contributed by atoms with E-state index in [4.69, 9.17) is 4.74 Å². The fourth-order valence-corrected chi connectivity index (χ4v) is 4.44. The highest BCUT2D eigenvalue weighted by atomic mass is 32.2. The highest BCUT2D eigenvalue weighted by Gasteiger charge is 2.34. The number of methoxy groups -OCH3 is 1. The van der Waals surface area contributed by atoms with Crippen molar-refractivity contribution in [3.05, 3.63) is 54.1 Å². The average molecular weight is 395 g/mol. The third-order valence-electron chi connectivity index (χ3n) is 4.81. The topological polar surface area (TPSA) is 69.0 Å². The fraction of sp³-hybridized carbons (Fsp3) is 0.286. The highest BCUT2D eigenvalue weighted by Crippen LogP contribution is 2.39. The van der Waals surface area contributed by atoms with E-state index in [9.17, 15) is 4.79 Å². The predicted molar refractivity (Wildman–Crippen MR) is 111 cm³/mol. The Hall–Kier alpha value is -2.80. The Kier molecular flexibility index (Phi) is 4.85. The Morgan fingerprint density at radius 3 is 2.86 bits per heavy atom. The largest absolute Gasteiger partial charge is 0.497 e. The summed E-state index contributed by atoms with van der Waals surface area (Å²) in [5, 5.41) is 12.5. The molecule has 144 valence electrons. The summed E-state index contributed by atoms with van der Waals surface area (Å²) < 4.78 is 7.34. The summed E-state index contributed by atoms with van der Waals surface area (Å²) in [4.78, 5) is 12.4. The Morgan fingerprint density at radius 1 is 1.21 bits per heavy atom. The van der Waals surface area contributed by atoms with Crippen LogP contribution in [0, 0.1) is 0 Å². The van der Waals surface area contributed by atoms with Crippen LogP contribution >= 0.6 is 11.8 Å². The van der Waals surface area contributed by atoms with E-state index in [2.05, 4.69) is 52.1 Å². The van der Waals surface area contributed by atoms with E-state index in [0.29, 0.717) is 11.4 Å². The zero-order valence-electron chi connectivity index (χ0n) is 16.1.